The van der Waals surface area contributed by atoms with E-state index in [9.17, 15) is 8.42 Å². The first-order valence-electron chi connectivity index (χ1n) is 6.83. The molecule has 5 nitrogen and oxygen atoms in total. The average Bonchev–Trinajstić information content (AvgIpc) is 2.31. The summed E-state index contributed by atoms with van der Waals surface area (Å²) in [6, 6.07) is 0.335. The first-order chi connectivity index (χ1) is 8.45. The molecular weight excluding hydrogens is 250 g/mol. The Balaban J connectivity index is 1.83. The van der Waals surface area contributed by atoms with Gasteiger partial charge in [0.25, 0.3) is 0 Å². The maximum absolute atomic E-state index is 11.6. The lowest BCUT2D eigenvalue weighted by Gasteiger charge is -2.37. The van der Waals surface area contributed by atoms with Crippen molar-refractivity contribution < 1.29 is 8.42 Å². The number of rotatable bonds is 3. The lowest BCUT2D eigenvalue weighted by Crippen LogP contribution is -2.55. The topological polar surface area (TPSA) is 52.6 Å². The third-order valence-electron chi connectivity index (χ3n) is 4.10. The van der Waals surface area contributed by atoms with Crippen LogP contribution in [-0.2, 0) is 9.84 Å². The fourth-order valence-electron chi connectivity index (χ4n) is 2.84. The molecule has 0 amide bonds. The van der Waals surface area contributed by atoms with Gasteiger partial charge in [-0.05, 0) is 26.3 Å². The Bertz CT molecular complexity index is 364. The van der Waals surface area contributed by atoms with Crippen LogP contribution in [0.4, 0.5) is 0 Å². The predicted octanol–water partition coefficient (Wildman–Crippen LogP) is 0.0942. The lowest BCUT2D eigenvalue weighted by atomic mass is 9.95. The highest BCUT2D eigenvalue weighted by molar-refractivity contribution is 7.91. The Hall–Kier alpha value is -0.170. The van der Waals surface area contributed by atoms with Gasteiger partial charge in [-0.25, -0.2) is 13.4 Å². The van der Waals surface area contributed by atoms with Crippen LogP contribution in [0.25, 0.3) is 0 Å². The third kappa shape index (κ3) is 3.91. The molecule has 0 aromatic heterocycles. The van der Waals surface area contributed by atoms with Crippen LogP contribution in [0.2, 0.25) is 0 Å². The maximum atomic E-state index is 11.6. The van der Waals surface area contributed by atoms with Crippen LogP contribution in [-0.4, -0.2) is 69.1 Å². The summed E-state index contributed by atoms with van der Waals surface area (Å²) in [6.45, 7) is 4.21. The van der Waals surface area contributed by atoms with E-state index < -0.39 is 9.84 Å². The van der Waals surface area contributed by atoms with Gasteiger partial charge in [0.05, 0.1) is 5.25 Å². The normalized spacial score (nSPS) is 32.6. The van der Waals surface area contributed by atoms with E-state index in [4.69, 9.17) is 0 Å². The van der Waals surface area contributed by atoms with Crippen LogP contribution < -0.4 is 5.43 Å². The minimum Gasteiger partial charge on any atom is -0.304 e. The summed E-state index contributed by atoms with van der Waals surface area (Å²) in [5, 5.41) is 2.12. The van der Waals surface area contributed by atoms with Crippen molar-refractivity contribution in [3.63, 3.8) is 0 Å². The first kappa shape index (κ1) is 14.2. The molecule has 1 saturated carbocycles. The van der Waals surface area contributed by atoms with Crippen molar-refractivity contribution in [1.82, 2.24) is 15.3 Å². The number of sulfone groups is 1. The molecule has 2 unspecified atom stereocenters. The van der Waals surface area contributed by atoms with Gasteiger partial charge in [-0.2, -0.15) is 0 Å². The molecule has 2 aliphatic rings. The minimum atomic E-state index is -2.88. The molecule has 0 bridgehead atoms. The van der Waals surface area contributed by atoms with E-state index in [2.05, 4.69) is 22.4 Å². The molecule has 1 aliphatic heterocycles. The number of nitrogens with zero attached hydrogens (tertiary/aromatic N) is 2. The second kappa shape index (κ2) is 5.86. The fraction of sp³-hybridized carbons (Fsp3) is 1.00. The van der Waals surface area contributed by atoms with Gasteiger partial charge in [0.1, 0.15) is 9.84 Å². The molecule has 0 aromatic rings. The highest BCUT2D eigenvalue weighted by Crippen LogP contribution is 2.24. The molecule has 0 radical (unpaired) electrons. The number of hydrogen-bond acceptors (Lipinski definition) is 5. The minimum absolute atomic E-state index is 0.142. The summed E-state index contributed by atoms with van der Waals surface area (Å²) in [6.07, 6.45) is 5.09. The summed E-state index contributed by atoms with van der Waals surface area (Å²) in [5.41, 5.74) is 3.52. The van der Waals surface area contributed by atoms with Gasteiger partial charge in [0, 0.05) is 38.5 Å². The van der Waals surface area contributed by atoms with Crippen molar-refractivity contribution in [3.8, 4) is 0 Å². The molecule has 1 saturated heterocycles. The number of piperazine rings is 1. The second-order valence-corrected chi connectivity index (χ2v) is 8.06. The maximum Gasteiger partial charge on any atom is 0.150 e. The monoisotopic (exact) mass is 275 g/mol. The van der Waals surface area contributed by atoms with Gasteiger partial charge in [-0.3, -0.25) is 5.43 Å². The van der Waals surface area contributed by atoms with Crippen molar-refractivity contribution in [2.45, 2.75) is 37.0 Å². The zero-order chi connectivity index (χ0) is 13.2. The average molecular weight is 275 g/mol. The number of likely N-dealkylation sites (N-methyl/N-ethyl adjacent to an activating group) is 1. The van der Waals surface area contributed by atoms with Gasteiger partial charge in [0.15, 0.2) is 0 Å². The van der Waals surface area contributed by atoms with E-state index in [-0.39, 0.29) is 5.25 Å². The highest BCUT2D eigenvalue weighted by atomic mass is 32.2. The van der Waals surface area contributed by atoms with Crippen LogP contribution in [0, 0.1) is 0 Å². The Labute approximate surface area is 110 Å². The van der Waals surface area contributed by atoms with E-state index in [1.807, 2.05) is 0 Å². The zero-order valence-corrected chi connectivity index (χ0v) is 12.2. The molecule has 0 spiro atoms. The zero-order valence-electron chi connectivity index (χ0n) is 11.4. The summed E-state index contributed by atoms with van der Waals surface area (Å²) < 4.78 is 23.2. The molecule has 0 aromatic carbocycles. The summed E-state index contributed by atoms with van der Waals surface area (Å²) in [5.74, 6) is 0. The molecule has 1 N–H and O–H groups in total. The first-order valence-corrected chi connectivity index (χ1v) is 8.79. The van der Waals surface area contributed by atoms with Crippen LogP contribution in [0.3, 0.4) is 0 Å². The van der Waals surface area contributed by atoms with Crippen LogP contribution >= 0.6 is 0 Å². The summed E-state index contributed by atoms with van der Waals surface area (Å²) >= 11 is 0. The van der Waals surface area contributed by atoms with Gasteiger partial charge < -0.3 is 4.90 Å². The standard InChI is InChI=1S/C12H25N3O2S/c1-14-6-8-15(9-7-14)13-11-4-3-5-12(10-11)18(2,16)17/h11-13H,3-10H2,1-2H3. The van der Waals surface area contributed by atoms with Crippen molar-refractivity contribution in [3.05, 3.63) is 0 Å². The Morgan fingerprint density at radius 2 is 1.78 bits per heavy atom. The number of hydrazine groups is 1. The largest absolute Gasteiger partial charge is 0.304 e. The van der Waals surface area contributed by atoms with Gasteiger partial charge >= 0.3 is 0 Å². The van der Waals surface area contributed by atoms with Gasteiger partial charge in [-0.15, -0.1) is 0 Å². The summed E-state index contributed by atoms with van der Waals surface area (Å²) in [7, 11) is -0.739. The van der Waals surface area contributed by atoms with Crippen molar-refractivity contribution >= 4 is 9.84 Å². The molecule has 106 valence electrons. The van der Waals surface area contributed by atoms with E-state index >= 15 is 0 Å². The molecule has 2 atom stereocenters. The Morgan fingerprint density at radius 1 is 1.11 bits per heavy atom. The second-order valence-electron chi connectivity index (χ2n) is 5.73. The quantitative estimate of drug-likeness (QED) is 0.791. The number of nitrogens with one attached hydrogen (secondary N) is 1. The van der Waals surface area contributed by atoms with Crippen LogP contribution in [0.15, 0.2) is 0 Å². The van der Waals surface area contributed by atoms with Crippen LogP contribution in [0.5, 0.6) is 0 Å². The number of hydrogen-bond donors (Lipinski definition) is 1. The molecule has 18 heavy (non-hydrogen) atoms. The Kier molecular flexibility index (Phi) is 4.64. The molecule has 1 aliphatic carbocycles. The predicted molar refractivity (Wildman–Crippen MR) is 73.1 cm³/mol. The molecule has 2 rings (SSSR count). The van der Waals surface area contributed by atoms with E-state index in [1.165, 1.54) is 6.26 Å². The Morgan fingerprint density at radius 3 is 2.39 bits per heavy atom. The lowest BCUT2D eigenvalue weighted by molar-refractivity contribution is 0.0785. The molecular formula is C12H25N3O2S. The SMILES string of the molecule is CN1CCN(NC2CCCC(S(C)(=O)=O)C2)CC1. The van der Waals surface area contributed by atoms with E-state index in [0.29, 0.717) is 6.04 Å². The van der Waals surface area contributed by atoms with E-state index in [0.717, 1.165) is 51.9 Å². The highest BCUT2D eigenvalue weighted by Gasteiger charge is 2.29. The van der Waals surface area contributed by atoms with Crippen LogP contribution in [0.1, 0.15) is 25.7 Å². The van der Waals surface area contributed by atoms with Gasteiger partial charge in [-0.1, -0.05) is 6.42 Å². The van der Waals surface area contributed by atoms with Crippen molar-refractivity contribution in [2.75, 3.05) is 39.5 Å². The summed E-state index contributed by atoms with van der Waals surface area (Å²) in [4.78, 5) is 2.32. The van der Waals surface area contributed by atoms with Crippen molar-refractivity contribution in [1.29, 1.82) is 0 Å². The molecule has 6 heteroatoms. The third-order valence-corrected chi connectivity index (χ3v) is 5.74. The smallest absolute Gasteiger partial charge is 0.150 e. The van der Waals surface area contributed by atoms with Gasteiger partial charge in [0.2, 0.25) is 0 Å². The fourth-order valence-corrected chi connectivity index (χ4v) is 4.02. The van der Waals surface area contributed by atoms with E-state index in [1.54, 1.807) is 0 Å². The molecule has 2 fully saturated rings. The van der Waals surface area contributed by atoms with Crippen molar-refractivity contribution in [2.24, 2.45) is 0 Å². The molecule has 1 heterocycles.